The van der Waals surface area contributed by atoms with E-state index in [0.29, 0.717) is 33.4 Å². The zero-order valence-corrected chi connectivity index (χ0v) is 17.2. The van der Waals surface area contributed by atoms with Gasteiger partial charge in [0.25, 0.3) is 5.56 Å². The lowest BCUT2D eigenvalue weighted by atomic mass is 10.1. The number of halogens is 1. The first-order valence-electron chi connectivity index (χ1n) is 9.06. The molecular formula is C21H19ClN4O3. The van der Waals surface area contributed by atoms with E-state index in [4.69, 9.17) is 16.0 Å². The van der Waals surface area contributed by atoms with Crippen molar-refractivity contribution >= 4 is 22.6 Å². The summed E-state index contributed by atoms with van der Waals surface area (Å²) >= 11 is 5.93. The largest absolute Gasteiger partial charge is 0.441 e. The van der Waals surface area contributed by atoms with Gasteiger partial charge in [0.2, 0.25) is 5.89 Å². The van der Waals surface area contributed by atoms with Crippen LogP contribution in [-0.4, -0.2) is 19.1 Å². The summed E-state index contributed by atoms with van der Waals surface area (Å²) in [6, 6.07) is 8.93. The van der Waals surface area contributed by atoms with Gasteiger partial charge in [0.15, 0.2) is 0 Å². The predicted molar refractivity (Wildman–Crippen MR) is 112 cm³/mol. The third kappa shape index (κ3) is 3.27. The summed E-state index contributed by atoms with van der Waals surface area (Å²) in [5, 5.41) is 1.04. The Bertz CT molecular complexity index is 1360. The number of fused-ring (bicyclic) bond motifs is 1. The molecule has 4 rings (SSSR count). The average molecular weight is 411 g/mol. The van der Waals surface area contributed by atoms with Gasteiger partial charge in [-0.25, -0.2) is 14.8 Å². The molecule has 7 nitrogen and oxygen atoms in total. The van der Waals surface area contributed by atoms with Crippen molar-refractivity contribution in [1.29, 1.82) is 0 Å². The second-order valence-corrected chi connectivity index (χ2v) is 7.48. The summed E-state index contributed by atoms with van der Waals surface area (Å²) in [5.74, 6) is 0.955. The van der Waals surface area contributed by atoms with E-state index in [1.165, 1.54) is 9.13 Å². The van der Waals surface area contributed by atoms with Crippen molar-refractivity contribution in [3.8, 4) is 11.5 Å². The number of nitrogens with zero attached hydrogens (tertiary/aromatic N) is 4. The monoisotopic (exact) mass is 410 g/mol. The molecule has 0 fully saturated rings. The highest BCUT2D eigenvalue weighted by Crippen LogP contribution is 2.23. The van der Waals surface area contributed by atoms with Gasteiger partial charge >= 0.3 is 5.69 Å². The molecule has 0 amide bonds. The van der Waals surface area contributed by atoms with Crippen LogP contribution in [0.3, 0.4) is 0 Å². The molecule has 8 heteroatoms. The molecule has 0 bridgehead atoms. The molecule has 148 valence electrons. The van der Waals surface area contributed by atoms with E-state index in [0.717, 1.165) is 16.8 Å². The van der Waals surface area contributed by atoms with Gasteiger partial charge in [0, 0.05) is 23.3 Å². The van der Waals surface area contributed by atoms with Crippen LogP contribution in [0.15, 0.2) is 44.3 Å². The van der Waals surface area contributed by atoms with Crippen molar-refractivity contribution < 1.29 is 4.42 Å². The van der Waals surface area contributed by atoms with Crippen molar-refractivity contribution in [3.63, 3.8) is 0 Å². The summed E-state index contributed by atoms with van der Waals surface area (Å²) in [5.41, 5.74) is 2.36. The Morgan fingerprint density at radius 2 is 1.76 bits per heavy atom. The molecule has 1 aromatic carbocycles. The van der Waals surface area contributed by atoms with Crippen LogP contribution in [0.4, 0.5) is 0 Å². The Hall–Kier alpha value is -3.19. The van der Waals surface area contributed by atoms with E-state index in [-0.39, 0.29) is 12.1 Å². The molecule has 0 aliphatic heterocycles. The summed E-state index contributed by atoms with van der Waals surface area (Å²) in [6.45, 7) is 5.44. The molecule has 0 N–H and O–H groups in total. The maximum atomic E-state index is 13.1. The van der Waals surface area contributed by atoms with Crippen LogP contribution >= 0.6 is 11.6 Å². The van der Waals surface area contributed by atoms with Gasteiger partial charge in [-0.3, -0.25) is 13.9 Å². The first-order valence-corrected chi connectivity index (χ1v) is 9.44. The summed E-state index contributed by atoms with van der Waals surface area (Å²) in [6.07, 6.45) is 0. The van der Waals surface area contributed by atoms with Gasteiger partial charge in [0.1, 0.15) is 17.1 Å². The highest BCUT2D eigenvalue weighted by molar-refractivity contribution is 6.30. The third-order valence-electron chi connectivity index (χ3n) is 4.91. The molecule has 3 aromatic heterocycles. The molecule has 0 aliphatic carbocycles. The second-order valence-electron chi connectivity index (χ2n) is 7.04. The van der Waals surface area contributed by atoms with E-state index in [9.17, 15) is 9.59 Å². The minimum Gasteiger partial charge on any atom is -0.441 e. The molecule has 0 atom stereocenters. The van der Waals surface area contributed by atoms with Gasteiger partial charge in [0.05, 0.1) is 11.9 Å². The zero-order valence-electron chi connectivity index (χ0n) is 16.5. The number of hydrogen-bond acceptors (Lipinski definition) is 5. The van der Waals surface area contributed by atoms with Crippen LogP contribution in [0, 0.1) is 20.8 Å². The highest BCUT2D eigenvalue weighted by Gasteiger charge is 2.18. The molecule has 4 aromatic rings. The van der Waals surface area contributed by atoms with Crippen LogP contribution < -0.4 is 11.2 Å². The fourth-order valence-electron chi connectivity index (χ4n) is 3.40. The molecule has 0 spiro atoms. The van der Waals surface area contributed by atoms with Gasteiger partial charge in [-0.2, -0.15) is 0 Å². The Kier molecular flexibility index (Phi) is 4.62. The number of pyridine rings is 1. The predicted octanol–water partition coefficient (Wildman–Crippen LogP) is 3.38. The smallest absolute Gasteiger partial charge is 0.332 e. The minimum absolute atomic E-state index is 0.0116. The van der Waals surface area contributed by atoms with E-state index >= 15 is 0 Å². The molecule has 29 heavy (non-hydrogen) atoms. The van der Waals surface area contributed by atoms with Crippen LogP contribution in [-0.2, 0) is 13.6 Å². The SMILES string of the molecule is Cc1cc(C)c2c(=O)n(Cc3nc(-c4ccc(Cl)cc4)oc3C)c(=O)n(C)c2n1. The lowest BCUT2D eigenvalue weighted by Crippen LogP contribution is -2.40. The van der Waals surface area contributed by atoms with Crippen molar-refractivity contribution in [2.75, 3.05) is 0 Å². The van der Waals surface area contributed by atoms with Crippen molar-refractivity contribution in [2.24, 2.45) is 7.05 Å². The highest BCUT2D eigenvalue weighted by atomic mass is 35.5. The maximum absolute atomic E-state index is 13.1. The van der Waals surface area contributed by atoms with Crippen molar-refractivity contribution in [1.82, 2.24) is 19.1 Å². The quantitative estimate of drug-likeness (QED) is 0.517. The molecule has 0 saturated carbocycles. The van der Waals surface area contributed by atoms with E-state index < -0.39 is 5.69 Å². The standard InChI is InChI=1S/C21H19ClN4O3/c1-11-9-12(2)23-18-17(11)20(27)26(21(28)25(18)4)10-16-13(3)29-19(24-16)14-5-7-15(22)8-6-14/h5-9H,10H2,1-4H3. The van der Waals surface area contributed by atoms with Gasteiger partial charge in [-0.15, -0.1) is 0 Å². The fourth-order valence-corrected chi connectivity index (χ4v) is 3.52. The second kappa shape index (κ2) is 7.00. The van der Waals surface area contributed by atoms with Crippen molar-refractivity contribution in [3.05, 3.63) is 78.9 Å². The van der Waals surface area contributed by atoms with E-state index in [2.05, 4.69) is 9.97 Å². The Labute approximate surface area is 171 Å². The number of aromatic nitrogens is 4. The van der Waals surface area contributed by atoms with Crippen molar-refractivity contribution in [2.45, 2.75) is 27.3 Å². The van der Waals surface area contributed by atoms with Crippen LogP contribution in [0.1, 0.15) is 22.7 Å². The Balaban J connectivity index is 1.84. The topological polar surface area (TPSA) is 82.9 Å². The van der Waals surface area contributed by atoms with Crippen LogP contribution in [0.2, 0.25) is 5.02 Å². The molecule has 0 saturated heterocycles. The molecule has 0 unspecified atom stereocenters. The summed E-state index contributed by atoms with van der Waals surface area (Å²) < 4.78 is 8.32. The summed E-state index contributed by atoms with van der Waals surface area (Å²) in [4.78, 5) is 34.8. The number of rotatable bonds is 3. The normalized spacial score (nSPS) is 11.3. The van der Waals surface area contributed by atoms with Gasteiger partial charge in [-0.1, -0.05) is 11.6 Å². The number of hydrogen-bond donors (Lipinski definition) is 0. The van der Waals surface area contributed by atoms with Crippen LogP contribution in [0.5, 0.6) is 0 Å². The fraction of sp³-hybridized carbons (Fsp3) is 0.238. The van der Waals surface area contributed by atoms with Gasteiger partial charge < -0.3 is 4.42 Å². The molecular weight excluding hydrogens is 392 g/mol. The number of oxazole rings is 1. The number of benzene rings is 1. The lowest BCUT2D eigenvalue weighted by molar-refractivity contribution is 0.536. The Morgan fingerprint density at radius 1 is 1.07 bits per heavy atom. The summed E-state index contributed by atoms with van der Waals surface area (Å²) in [7, 11) is 1.61. The minimum atomic E-state index is -0.449. The van der Waals surface area contributed by atoms with Crippen LogP contribution in [0.25, 0.3) is 22.5 Å². The number of aryl methyl sites for hydroxylation is 4. The molecule has 3 heterocycles. The van der Waals surface area contributed by atoms with E-state index in [1.54, 1.807) is 38.2 Å². The third-order valence-corrected chi connectivity index (χ3v) is 5.16. The first-order chi connectivity index (χ1) is 13.8. The lowest BCUT2D eigenvalue weighted by Gasteiger charge is -2.11. The zero-order chi connectivity index (χ0) is 20.9. The molecule has 0 aliphatic rings. The van der Waals surface area contributed by atoms with E-state index in [1.807, 2.05) is 19.9 Å². The first kappa shape index (κ1) is 19.1. The maximum Gasteiger partial charge on any atom is 0.332 e. The molecule has 0 radical (unpaired) electrons. The van der Waals surface area contributed by atoms with Gasteiger partial charge in [-0.05, 0) is 56.7 Å². The Morgan fingerprint density at radius 3 is 2.45 bits per heavy atom. The average Bonchev–Trinajstić information content (AvgIpc) is 3.04.